The number of ether oxygens (including phenoxy) is 1. The van der Waals surface area contributed by atoms with Crippen LogP contribution in [-0.2, 0) is 0 Å². The Balaban J connectivity index is 2.16. The molecule has 100 valence electrons. The van der Waals surface area contributed by atoms with Crippen molar-refractivity contribution < 1.29 is 4.74 Å². The van der Waals surface area contributed by atoms with Crippen LogP contribution >= 0.6 is 0 Å². The predicted octanol–water partition coefficient (Wildman–Crippen LogP) is 2.66. The molecule has 1 aliphatic heterocycles. The summed E-state index contributed by atoms with van der Waals surface area (Å²) in [6.45, 7) is 5.74. The molecule has 0 aliphatic carbocycles. The molecule has 1 aliphatic rings. The summed E-state index contributed by atoms with van der Waals surface area (Å²) in [5.41, 5.74) is 1.48. The molecular formula is C15H24N2O. The van der Waals surface area contributed by atoms with Gasteiger partial charge in [-0.05, 0) is 58.0 Å². The molecule has 1 aromatic rings. The van der Waals surface area contributed by atoms with Crippen LogP contribution in [0.4, 0.5) is 5.69 Å². The van der Waals surface area contributed by atoms with E-state index < -0.39 is 0 Å². The van der Waals surface area contributed by atoms with Gasteiger partial charge in [0.2, 0.25) is 0 Å². The van der Waals surface area contributed by atoms with Gasteiger partial charge in [0.25, 0.3) is 0 Å². The summed E-state index contributed by atoms with van der Waals surface area (Å²) in [7, 11) is 3.77. The summed E-state index contributed by atoms with van der Waals surface area (Å²) in [4.78, 5) is 2.50. The van der Waals surface area contributed by atoms with E-state index in [0.29, 0.717) is 6.04 Å². The molecular weight excluding hydrogens is 224 g/mol. The number of methoxy groups -OCH3 is 1. The highest BCUT2D eigenvalue weighted by molar-refractivity contribution is 5.51. The van der Waals surface area contributed by atoms with Gasteiger partial charge in [-0.25, -0.2) is 0 Å². The van der Waals surface area contributed by atoms with Gasteiger partial charge < -0.3 is 15.0 Å². The van der Waals surface area contributed by atoms with E-state index in [1.165, 1.54) is 18.5 Å². The normalized spacial score (nSPS) is 22.9. The molecule has 1 saturated heterocycles. The SMILES string of the molecule is CNC1CCN(c2ccc(OC)cc2)C(C)(C)C1. The van der Waals surface area contributed by atoms with Gasteiger partial charge >= 0.3 is 0 Å². The van der Waals surface area contributed by atoms with Gasteiger partial charge in [-0.1, -0.05) is 0 Å². The third-order valence-electron chi connectivity index (χ3n) is 3.97. The highest BCUT2D eigenvalue weighted by atomic mass is 16.5. The Morgan fingerprint density at radius 1 is 1.28 bits per heavy atom. The Bertz CT molecular complexity index is 386. The third kappa shape index (κ3) is 2.61. The number of nitrogens with one attached hydrogen (secondary N) is 1. The van der Waals surface area contributed by atoms with Crippen molar-refractivity contribution in [1.29, 1.82) is 0 Å². The van der Waals surface area contributed by atoms with Gasteiger partial charge in [-0.3, -0.25) is 0 Å². The Morgan fingerprint density at radius 3 is 2.44 bits per heavy atom. The molecule has 3 heteroatoms. The Kier molecular flexibility index (Phi) is 3.81. The zero-order valence-corrected chi connectivity index (χ0v) is 11.9. The summed E-state index contributed by atoms with van der Waals surface area (Å²) in [5, 5.41) is 3.40. The minimum atomic E-state index is 0.195. The Morgan fingerprint density at radius 2 is 1.94 bits per heavy atom. The number of piperidine rings is 1. The molecule has 3 nitrogen and oxygen atoms in total. The Labute approximate surface area is 110 Å². The van der Waals surface area contributed by atoms with E-state index >= 15 is 0 Å². The first-order valence-corrected chi connectivity index (χ1v) is 6.66. The van der Waals surface area contributed by atoms with Crippen LogP contribution in [0.5, 0.6) is 5.75 Å². The maximum Gasteiger partial charge on any atom is 0.119 e. The van der Waals surface area contributed by atoms with Crippen molar-refractivity contribution in [3.8, 4) is 5.75 Å². The molecule has 1 N–H and O–H groups in total. The van der Waals surface area contributed by atoms with Crippen LogP contribution in [0.3, 0.4) is 0 Å². The van der Waals surface area contributed by atoms with Gasteiger partial charge in [0.1, 0.15) is 5.75 Å². The second-order valence-corrected chi connectivity index (χ2v) is 5.64. The first kappa shape index (κ1) is 13.2. The van der Waals surface area contributed by atoms with Crippen molar-refractivity contribution in [2.45, 2.75) is 38.3 Å². The van der Waals surface area contributed by atoms with Crippen LogP contribution < -0.4 is 15.0 Å². The molecule has 1 heterocycles. The van der Waals surface area contributed by atoms with E-state index in [1.54, 1.807) is 7.11 Å². The second-order valence-electron chi connectivity index (χ2n) is 5.64. The van der Waals surface area contributed by atoms with E-state index in [2.05, 4.69) is 43.2 Å². The summed E-state index contributed by atoms with van der Waals surface area (Å²) >= 11 is 0. The van der Waals surface area contributed by atoms with E-state index in [9.17, 15) is 0 Å². The fourth-order valence-electron chi connectivity index (χ4n) is 2.89. The second kappa shape index (κ2) is 5.19. The van der Waals surface area contributed by atoms with Crippen LogP contribution in [0.1, 0.15) is 26.7 Å². The average molecular weight is 248 g/mol. The van der Waals surface area contributed by atoms with Crippen LogP contribution in [0.25, 0.3) is 0 Å². The topological polar surface area (TPSA) is 24.5 Å². The lowest BCUT2D eigenvalue weighted by Crippen LogP contribution is -2.54. The largest absolute Gasteiger partial charge is 0.497 e. The van der Waals surface area contributed by atoms with Crippen LogP contribution in [0.15, 0.2) is 24.3 Å². The van der Waals surface area contributed by atoms with E-state index in [4.69, 9.17) is 4.74 Å². The molecule has 0 spiro atoms. The molecule has 0 bridgehead atoms. The molecule has 1 fully saturated rings. The third-order valence-corrected chi connectivity index (χ3v) is 3.97. The average Bonchev–Trinajstić information content (AvgIpc) is 2.38. The molecule has 1 atom stereocenters. The molecule has 18 heavy (non-hydrogen) atoms. The number of nitrogens with zero attached hydrogens (tertiary/aromatic N) is 1. The Hall–Kier alpha value is -1.22. The van der Waals surface area contributed by atoms with Crippen LogP contribution in [0.2, 0.25) is 0 Å². The monoisotopic (exact) mass is 248 g/mol. The zero-order chi connectivity index (χ0) is 13.2. The lowest BCUT2D eigenvalue weighted by atomic mass is 9.86. The smallest absolute Gasteiger partial charge is 0.119 e. The van der Waals surface area contributed by atoms with E-state index in [1.807, 2.05) is 12.1 Å². The zero-order valence-electron chi connectivity index (χ0n) is 11.9. The number of hydrogen-bond acceptors (Lipinski definition) is 3. The van der Waals surface area contributed by atoms with Gasteiger partial charge in [-0.15, -0.1) is 0 Å². The van der Waals surface area contributed by atoms with Crippen molar-refractivity contribution in [3.63, 3.8) is 0 Å². The van der Waals surface area contributed by atoms with Gasteiger partial charge in [0, 0.05) is 23.8 Å². The quantitative estimate of drug-likeness (QED) is 0.890. The molecule has 2 rings (SSSR count). The van der Waals surface area contributed by atoms with Crippen molar-refractivity contribution in [3.05, 3.63) is 24.3 Å². The summed E-state index contributed by atoms with van der Waals surface area (Å²) < 4.78 is 5.21. The lowest BCUT2D eigenvalue weighted by molar-refractivity contribution is 0.301. The summed E-state index contributed by atoms with van der Waals surface area (Å²) in [6.07, 6.45) is 2.38. The number of benzene rings is 1. The molecule has 0 saturated carbocycles. The highest BCUT2D eigenvalue weighted by Gasteiger charge is 2.34. The fraction of sp³-hybridized carbons (Fsp3) is 0.600. The molecule has 0 amide bonds. The first-order chi connectivity index (χ1) is 8.56. The van der Waals surface area contributed by atoms with E-state index in [-0.39, 0.29) is 5.54 Å². The summed E-state index contributed by atoms with van der Waals surface area (Å²) in [6, 6.07) is 9.01. The first-order valence-electron chi connectivity index (χ1n) is 6.66. The minimum Gasteiger partial charge on any atom is -0.497 e. The number of rotatable bonds is 3. The van der Waals surface area contributed by atoms with Crippen molar-refractivity contribution >= 4 is 5.69 Å². The fourth-order valence-corrected chi connectivity index (χ4v) is 2.89. The lowest BCUT2D eigenvalue weighted by Gasteiger charge is -2.47. The maximum atomic E-state index is 5.21. The molecule has 1 unspecified atom stereocenters. The molecule has 0 radical (unpaired) electrons. The minimum absolute atomic E-state index is 0.195. The van der Waals surface area contributed by atoms with Crippen molar-refractivity contribution in [2.75, 3.05) is 25.6 Å². The molecule has 0 aromatic heterocycles. The number of hydrogen-bond donors (Lipinski definition) is 1. The predicted molar refractivity (Wildman–Crippen MR) is 76.5 cm³/mol. The summed E-state index contributed by atoms with van der Waals surface area (Å²) in [5.74, 6) is 0.918. The highest BCUT2D eigenvalue weighted by Crippen LogP contribution is 2.33. The van der Waals surface area contributed by atoms with Gasteiger partial charge in [0.15, 0.2) is 0 Å². The van der Waals surface area contributed by atoms with Crippen molar-refractivity contribution in [2.24, 2.45) is 0 Å². The van der Waals surface area contributed by atoms with Crippen LogP contribution in [0, 0.1) is 0 Å². The van der Waals surface area contributed by atoms with Crippen LogP contribution in [-0.4, -0.2) is 32.3 Å². The van der Waals surface area contributed by atoms with Gasteiger partial charge in [-0.2, -0.15) is 0 Å². The van der Waals surface area contributed by atoms with Gasteiger partial charge in [0.05, 0.1) is 7.11 Å². The van der Waals surface area contributed by atoms with Crippen molar-refractivity contribution in [1.82, 2.24) is 5.32 Å². The number of anilines is 1. The standard InChI is InChI=1S/C15H24N2O/c1-15(2)11-12(16-3)9-10-17(15)13-5-7-14(18-4)8-6-13/h5-8,12,16H,9-11H2,1-4H3. The maximum absolute atomic E-state index is 5.21. The molecule has 1 aromatic carbocycles. The van der Waals surface area contributed by atoms with E-state index in [0.717, 1.165) is 12.3 Å².